The average Bonchev–Trinajstić information content (AvgIpc) is 3.22. The molecule has 0 unspecified atom stereocenters. The summed E-state index contributed by atoms with van der Waals surface area (Å²) in [4.78, 5) is 39.1. The lowest BCUT2D eigenvalue weighted by Gasteiger charge is -2.19. The molecule has 0 saturated carbocycles. The summed E-state index contributed by atoms with van der Waals surface area (Å²) in [6, 6.07) is 1.33. The van der Waals surface area contributed by atoms with Gasteiger partial charge in [-0.2, -0.15) is 4.98 Å². The van der Waals surface area contributed by atoms with Gasteiger partial charge in [0.1, 0.15) is 18.8 Å². The smallest absolute Gasteiger partial charge is 0.431 e. The van der Waals surface area contributed by atoms with Crippen LogP contribution in [0.4, 0.5) is 15.4 Å². The van der Waals surface area contributed by atoms with Crippen LogP contribution in [-0.2, 0) is 23.7 Å². The van der Waals surface area contributed by atoms with Crippen molar-refractivity contribution < 1.29 is 38.5 Å². The van der Waals surface area contributed by atoms with Crippen molar-refractivity contribution in [1.29, 1.82) is 0 Å². The van der Waals surface area contributed by atoms with Crippen molar-refractivity contribution in [1.82, 2.24) is 9.55 Å². The lowest BCUT2D eigenvalue weighted by Crippen LogP contribution is -2.34. The molecule has 3 rings (SSSR count). The van der Waals surface area contributed by atoms with Gasteiger partial charge < -0.3 is 23.7 Å². The van der Waals surface area contributed by atoms with Crippen molar-refractivity contribution in [2.45, 2.75) is 57.3 Å². The van der Waals surface area contributed by atoms with Crippen LogP contribution in [-0.4, -0.2) is 58.1 Å². The highest BCUT2D eigenvalue weighted by atomic mass is 16.8. The van der Waals surface area contributed by atoms with Crippen LogP contribution in [0.3, 0.4) is 0 Å². The predicted molar refractivity (Wildman–Crippen MR) is 89.8 cm³/mol. The molecular formula is C16H21N3O9. The maximum atomic E-state index is 12.2. The molecule has 4 atom stereocenters. The zero-order chi connectivity index (χ0) is 20.3. The number of hydrogen-bond acceptors (Lipinski definition) is 11. The van der Waals surface area contributed by atoms with E-state index in [-0.39, 0.29) is 18.5 Å². The third-order valence-corrected chi connectivity index (χ3v) is 4.51. The Morgan fingerprint density at radius 2 is 2.04 bits per heavy atom. The topological polar surface area (TPSA) is 147 Å². The number of aromatic nitrogens is 2. The van der Waals surface area contributed by atoms with Crippen LogP contribution in [0, 0.1) is 0 Å². The molecule has 0 radical (unpaired) electrons. The number of carbonyl (C=O) groups is 2. The Morgan fingerprint density at radius 1 is 1.32 bits per heavy atom. The summed E-state index contributed by atoms with van der Waals surface area (Å²) in [5.74, 6) is -0.0560. The van der Waals surface area contributed by atoms with Crippen LogP contribution < -0.4 is 11.2 Å². The first-order valence-corrected chi connectivity index (χ1v) is 8.82. The minimum atomic E-state index is -1.03. The summed E-state index contributed by atoms with van der Waals surface area (Å²) in [6.45, 7) is 3.51. The number of ether oxygens (including phenoxy) is 5. The van der Waals surface area contributed by atoms with Gasteiger partial charge in [-0.15, -0.1) is 0 Å². The Morgan fingerprint density at radius 3 is 2.68 bits per heavy atom. The van der Waals surface area contributed by atoms with E-state index in [9.17, 15) is 14.4 Å². The Kier molecular flexibility index (Phi) is 5.99. The Balaban J connectivity index is 1.70. The second kappa shape index (κ2) is 8.44. The fraction of sp³-hybridized carbons (Fsp3) is 0.625. The highest BCUT2D eigenvalue weighted by Gasteiger charge is 2.55. The number of carbonyl (C=O) groups excluding carboxylic acids is 2. The normalized spacial score (nSPS) is 25.8. The third kappa shape index (κ3) is 4.02. The molecule has 12 nitrogen and oxygen atoms in total. The van der Waals surface area contributed by atoms with Crippen molar-refractivity contribution in [3.63, 3.8) is 0 Å². The first-order chi connectivity index (χ1) is 13.5. The molecule has 12 heteroatoms. The van der Waals surface area contributed by atoms with Crippen molar-refractivity contribution in [3.05, 3.63) is 22.7 Å². The van der Waals surface area contributed by atoms with Crippen LogP contribution in [0.15, 0.2) is 17.1 Å². The molecule has 1 aromatic rings. The number of hydrogen-bond donors (Lipinski definition) is 2. The van der Waals surface area contributed by atoms with Crippen LogP contribution >= 0.6 is 0 Å². The van der Waals surface area contributed by atoms with Gasteiger partial charge in [0.05, 0.1) is 0 Å². The van der Waals surface area contributed by atoms with E-state index in [4.69, 9.17) is 28.9 Å². The molecule has 0 spiro atoms. The molecule has 0 aliphatic carbocycles. The van der Waals surface area contributed by atoms with E-state index in [0.29, 0.717) is 12.8 Å². The van der Waals surface area contributed by atoms with E-state index >= 15 is 0 Å². The van der Waals surface area contributed by atoms with Crippen molar-refractivity contribution in [2.75, 3.05) is 12.1 Å². The summed E-state index contributed by atoms with van der Waals surface area (Å²) in [5, 5.41) is 8.82. The Labute approximate surface area is 159 Å². The van der Waals surface area contributed by atoms with Crippen molar-refractivity contribution in [3.8, 4) is 0 Å². The predicted octanol–water partition coefficient (Wildman–Crippen LogP) is 1.19. The van der Waals surface area contributed by atoms with E-state index < -0.39 is 42.5 Å². The van der Waals surface area contributed by atoms with E-state index in [2.05, 4.69) is 4.98 Å². The van der Waals surface area contributed by atoms with Gasteiger partial charge in [-0.25, -0.2) is 14.4 Å². The lowest BCUT2D eigenvalue weighted by atomic mass is 10.1. The number of rotatable bonds is 7. The van der Waals surface area contributed by atoms with Gasteiger partial charge in [0.25, 0.3) is 0 Å². The first-order valence-electron chi connectivity index (χ1n) is 8.82. The van der Waals surface area contributed by atoms with Gasteiger partial charge in [0, 0.05) is 6.20 Å². The molecule has 1 aromatic heterocycles. The molecule has 3 heterocycles. The van der Waals surface area contributed by atoms with Crippen molar-refractivity contribution in [2.24, 2.45) is 0 Å². The lowest BCUT2D eigenvalue weighted by molar-refractivity contribution is -0.0828. The molecule has 0 amide bonds. The van der Waals surface area contributed by atoms with E-state index in [0.717, 1.165) is 4.57 Å². The number of anilines is 1. The third-order valence-electron chi connectivity index (χ3n) is 4.51. The van der Waals surface area contributed by atoms with Gasteiger partial charge >= 0.3 is 18.0 Å². The van der Waals surface area contributed by atoms with E-state index in [1.165, 1.54) is 12.3 Å². The zero-order valence-electron chi connectivity index (χ0n) is 15.3. The Hall–Kier alpha value is -2.86. The molecule has 2 fully saturated rings. The highest BCUT2D eigenvalue weighted by molar-refractivity contribution is 5.63. The molecule has 2 aliphatic heterocycles. The molecule has 0 bridgehead atoms. The quantitative estimate of drug-likeness (QED) is 0.503. The number of nitrogens with one attached hydrogen (secondary N) is 1. The van der Waals surface area contributed by atoms with Crippen LogP contribution in [0.25, 0.3) is 0 Å². The fourth-order valence-electron chi connectivity index (χ4n) is 3.03. The minimum absolute atomic E-state index is 0.0560. The maximum absolute atomic E-state index is 12.2. The second-order valence-electron chi connectivity index (χ2n) is 6.21. The number of nitrogens with zero attached hydrogens (tertiary/aromatic N) is 2. The highest BCUT2D eigenvalue weighted by Crippen LogP contribution is 2.37. The zero-order valence-corrected chi connectivity index (χ0v) is 15.3. The minimum Gasteiger partial charge on any atom is -0.431 e. The van der Waals surface area contributed by atoms with Crippen LogP contribution in [0.1, 0.15) is 32.9 Å². The maximum Gasteiger partial charge on any atom is 0.509 e. The number of fused-ring (bicyclic) bond motifs is 1. The van der Waals surface area contributed by atoms with Gasteiger partial charge in [-0.1, -0.05) is 13.8 Å². The summed E-state index contributed by atoms with van der Waals surface area (Å²) in [6.07, 6.45) is -3.12. The summed E-state index contributed by atoms with van der Waals surface area (Å²) >= 11 is 0. The molecule has 0 aromatic carbocycles. The molecule has 2 aliphatic rings. The summed E-state index contributed by atoms with van der Waals surface area (Å²) < 4.78 is 27.2. The standard InChI is InChI=1S/C16H21N3O9/c1-3-8(4-2)25-15(21)24-7-9-11-12(28-16(22)27-11)13(26-9)19-6-5-10(18-23)17-14(19)20/h5-6,8-9,11-13,23H,3-4,7H2,1-2H3,(H,17,18,20)/t9-,11-,12-,13-/m1/s1. The summed E-state index contributed by atoms with van der Waals surface area (Å²) in [5.41, 5.74) is 1.01. The van der Waals surface area contributed by atoms with E-state index in [1.807, 2.05) is 13.8 Å². The fourth-order valence-corrected chi connectivity index (χ4v) is 3.03. The molecule has 2 N–H and O–H groups in total. The SMILES string of the molecule is CCC(CC)OC(=O)OC[C@H]1O[C@@H](n2ccc(NO)nc2=O)[C@@H]2OC(=O)O[C@@H]21. The van der Waals surface area contributed by atoms with Gasteiger partial charge in [0.2, 0.25) is 0 Å². The molecule has 2 saturated heterocycles. The second-order valence-corrected chi connectivity index (χ2v) is 6.21. The molecule has 28 heavy (non-hydrogen) atoms. The van der Waals surface area contributed by atoms with E-state index in [1.54, 1.807) is 5.48 Å². The van der Waals surface area contributed by atoms with Gasteiger partial charge in [-0.05, 0) is 18.9 Å². The summed E-state index contributed by atoms with van der Waals surface area (Å²) in [7, 11) is 0. The van der Waals surface area contributed by atoms with Crippen LogP contribution in [0.5, 0.6) is 0 Å². The first kappa shape index (κ1) is 19.9. The monoisotopic (exact) mass is 399 g/mol. The molecular weight excluding hydrogens is 378 g/mol. The Bertz CT molecular complexity index is 779. The van der Waals surface area contributed by atoms with Gasteiger partial charge in [-0.3, -0.25) is 15.3 Å². The van der Waals surface area contributed by atoms with Crippen molar-refractivity contribution >= 4 is 18.1 Å². The van der Waals surface area contributed by atoms with Crippen LogP contribution in [0.2, 0.25) is 0 Å². The largest absolute Gasteiger partial charge is 0.509 e. The average molecular weight is 399 g/mol. The molecule has 154 valence electrons. The van der Waals surface area contributed by atoms with Gasteiger partial charge in [0.15, 0.2) is 24.3 Å².